The van der Waals surface area contributed by atoms with E-state index in [2.05, 4.69) is 10.3 Å². The van der Waals surface area contributed by atoms with Crippen molar-refractivity contribution in [1.29, 1.82) is 0 Å². The van der Waals surface area contributed by atoms with Gasteiger partial charge in [-0.25, -0.2) is 4.98 Å². The lowest BCUT2D eigenvalue weighted by atomic mass is 10.2. The minimum Gasteiger partial charge on any atom is -0.326 e. The molecule has 5 nitrogen and oxygen atoms in total. The Hall–Kier alpha value is -2.34. The lowest BCUT2D eigenvalue weighted by Crippen LogP contribution is -2.26. The molecular weight excluding hydrogens is 310 g/mol. The molecule has 1 aliphatic heterocycles. The average Bonchev–Trinajstić information content (AvgIpc) is 3.39. The predicted molar refractivity (Wildman–Crippen MR) is 88.9 cm³/mol. The highest BCUT2D eigenvalue weighted by molar-refractivity contribution is 7.99. The normalized spacial score (nSPS) is 16.4. The molecule has 1 saturated carbocycles. The van der Waals surface area contributed by atoms with Crippen molar-refractivity contribution in [1.82, 2.24) is 4.98 Å². The van der Waals surface area contributed by atoms with Crippen molar-refractivity contribution in [2.45, 2.75) is 22.8 Å². The summed E-state index contributed by atoms with van der Waals surface area (Å²) in [4.78, 5) is 31.3. The summed E-state index contributed by atoms with van der Waals surface area (Å²) in [5.74, 6) is 0.161. The Morgan fingerprint density at radius 3 is 2.96 bits per heavy atom. The van der Waals surface area contributed by atoms with Gasteiger partial charge in [0.15, 0.2) is 0 Å². The predicted octanol–water partition coefficient (Wildman–Crippen LogP) is 3.17. The van der Waals surface area contributed by atoms with Gasteiger partial charge in [0.2, 0.25) is 5.91 Å². The summed E-state index contributed by atoms with van der Waals surface area (Å²) < 4.78 is 0. The number of benzene rings is 1. The first kappa shape index (κ1) is 14.3. The van der Waals surface area contributed by atoms with Crippen LogP contribution in [-0.2, 0) is 4.79 Å². The van der Waals surface area contributed by atoms with E-state index < -0.39 is 0 Å². The molecule has 0 spiro atoms. The van der Waals surface area contributed by atoms with Crippen LogP contribution in [0.2, 0.25) is 0 Å². The van der Waals surface area contributed by atoms with Crippen LogP contribution in [0, 0.1) is 5.92 Å². The van der Waals surface area contributed by atoms with Crippen LogP contribution in [-0.4, -0.2) is 23.8 Å². The number of amides is 2. The second-order valence-electron chi connectivity index (χ2n) is 5.77. The molecule has 0 bridgehead atoms. The number of anilines is 2. The van der Waals surface area contributed by atoms with Crippen molar-refractivity contribution in [3.63, 3.8) is 0 Å². The van der Waals surface area contributed by atoms with Gasteiger partial charge in [0.25, 0.3) is 5.91 Å². The van der Waals surface area contributed by atoms with Gasteiger partial charge in [-0.3, -0.25) is 9.59 Å². The number of carbonyl (C=O) groups is 2. The highest BCUT2D eigenvalue weighted by atomic mass is 32.2. The maximum absolute atomic E-state index is 12.6. The SMILES string of the molecule is CN1C(=O)c2cccnc2Sc2cc(NC(=O)C3CC3)ccc21. The Bertz CT molecular complexity index is 817. The molecule has 2 aromatic rings. The monoisotopic (exact) mass is 325 g/mol. The largest absolute Gasteiger partial charge is 0.326 e. The zero-order valence-electron chi connectivity index (χ0n) is 12.6. The van der Waals surface area contributed by atoms with Gasteiger partial charge in [0.05, 0.1) is 11.3 Å². The Kier molecular flexibility index (Phi) is 3.34. The number of nitrogens with one attached hydrogen (secondary N) is 1. The Morgan fingerprint density at radius 1 is 1.35 bits per heavy atom. The Balaban J connectivity index is 1.72. The molecule has 1 aromatic carbocycles. The van der Waals surface area contributed by atoms with E-state index in [1.165, 1.54) is 11.8 Å². The number of fused-ring (bicyclic) bond motifs is 2. The van der Waals surface area contributed by atoms with Gasteiger partial charge in [0.1, 0.15) is 5.03 Å². The second-order valence-corrected chi connectivity index (χ2v) is 6.80. The van der Waals surface area contributed by atoms with Crippen LogP contribution in [0.3, 0.4) is 0 Å². The summed E-state index contributed by atoms with van der Waals surface area (Å²) >= 11 is 1.45. The Morgan fingerprint density at radius 2 is 2.17 bits per heavy atom. The standard InChI is InChI=1S/C17H15N3O2S/c1-20-13-7-6-11(19-15(21)10-4-5-10)9-14(13)23-16-12(17(20)22)3-2-8-18-16/h2-3,6-10H,4-5H2,1H3,(H,19,21). The third-order valence-corrected chi connectivity index (χ3v) is 5.12. The van der Waals surface area contributed by atoms with E-state index >= 15 is 0 Å². The minimum absolute atomic E-state index is 0.0749. The van der Waals surface area contributed by atoms with Crippen LogP contribution in [0.1, 0.15) is 23.2 Å². The van der Waals surface area contributed by atoms with Gasteiger partial charge >= 0.3 is 0 Å². The van der Waals surface area contributed by atoms with E-state index in [4.69, 9.17) is 0 Å². The lowest BCUT2D eigenvalue weighted by molar-refractivity contribution is -0.117. The van der Waals surface area contributed by atoms with Crippen LogP contribution in [0.4, 0.5) is 11.4 Å². The fraction of sp³-hybridized carbons (Fsp3) is 0.235. The lowest BCUT2D eigenvalue weighted by Gasteiger charge is -2.18. The van der Waals surface area contributed by atoms with Crippen molar-refractivity contribution in [3.8, 4) is 0 Å². The summed E-state index contributed by atoms with van der Waals surface area (Å²) in [5.41, 5.74) is 2.18. The fourth-order valence-electron chi connectivity index (χ4n) is 2.57. The molecule has 116 valence electrons. The smallest absolute Gasteiger partial charge is 0.260 e. The van der Waals surface area contributed by atoms with Gasteiger partial charge in [-0.05, 0) is 43.2 Å². The van der Waals surface area contributed by atoms with Crippen molar-refractivity contribution >= 4 is 35.0 Å². The molecular formula is C17H15N3O2S. The molecule has 0 atom stereocenters. The number of hydrogen-bond acceptors (Lipinski definition) is 4. The number of rotatable bonds is 2. The maximum Gasteiger partial charge on any atom is 0.260 e. The summed E-state index contributed by atoms with van der Waals surface area (Å²) in [6.07, 6.45) is 3.63. The van der Waals surface area contributed by atoms with Crippen LogP contribution in [0.5, 0.6) is 0 Å². The molecule has 0 unspecified atom stereocenters. The second kappa shape index (κ2) is 5.38. The first-order valence-electron chi connectivity index (χ1n) is 7.49. The Labute approximate surface area is 138 Å². The number of pyridine rings is 1. The fourth-order valence-corrected chi connectivity index (χ4v) is 3.65. The van der Waals surface area contributed by atoms with E-state index in [9.17, 15) is 9.59 Å². The van der Waals surface area contributed by atoms with Gasteiger partial charge in [0, 0.05) is 29.7 Å². The van der Waals surface area contributed by atoms with Crippen LogP contribution < -0.4 is 10.2 Å². The van der Waals surface area contributed by atoms with Gasteiger partial charge in [-0.15, -0.1) is 0 Å². The summed E-state index contributed by atoms with van der Waals surface area (Å²) in [7, 11) is 1.76. The van der Waals surface area contributed by atoms with Crippen LogP contribution in [0.25, 0.3) is 0 Å². The first-order chi connectivity index (χ1) is 11.1. The van der Waals surface area contributed by atoms with Crippen LogP contribution in [0.15, 0.2) is 46.5 Å². The topological polar surface area (TPSA) is 62.3 Å². The summed E-state index contributed by atoms with van der Waals surface area (Å²) in [5, 5.41) is 3.64. The van der Waals surface area contributed by atoms with Crippen molar-refractivity contribution < 1.29 is 9.59 Å². The van der Waals surface area contributed by atoms with E-state index in [-0.39, 0.29) is 17.7 Å². The highest BCUT2D eigenvalue weighted by Crippen LogP contribution is 2.41. The van der Waals surface area contributed by atoms with E-state index in [0.717, 1.165) is 29.1 Å². The first-order valence-corrected chi connectivity index (χ1v) is 8.31. The van der Waals surface area contributed by atoms with Crippen molar-refractivity contribution in [3.05, 3.63) is 42.1 Å². The molecule has 2 heterocycles. The van der Waals surface area contributed by atoms with E-state index in [1.807, 2.05) is 18.2 Å². The van der Waals surface area contributed by atoms with E-state index in [1.54, 1.807) is 30.3 Å². The molecule has 2 amide bonds. The molecule has 1 aromatic heterocycles. The number of carbonyl (C=O) groups excluding carboxylic acids is 2. The molecule has 1 aliphatic carbocycles. The third-order valence-electron chi connectivity index (χ3n) is 4.05. The number of hydrogen-bond donors (Lipinski definition) is 1. The molecule has 6 heteroatoms. The zero-order chi connectivity index (χ0) is 16.0. The minimum atomic E-state index is -0.0749. The number of aromatic nitrogens is 1. The van der Waals surface area contributed by atoms with Crippen molar-refractivity contribution in [2.75, 3.05) is 17.3 Å². The third kappa shape index (κ3) is 2.59. The van der Waals surface area contributed by atoms with Gasteiger partial charge < -0.3 is 10.2 Å². The van der Waals surface area contributed by atoms with Crippen molar-refractivity contribution in [2.24, 2.45) is 5.92 Å². The van der Waals surface area contributed by atoms with E-state index in [0.29, 0.717) is 10.6 Å². The quantitative estimate of drug-likeness (QED) is 0.921. The molecule has 1 fully saturated rings. The summed E-state index contributed by atoms with van der Waals surface area (Å²) in [6, 6.07) is 9.17. The van der Waals surface area contributed by atoms with Gasteiger partial charge in [-0.1, -0.05) is 11.8 Å². The van der Waals surface area contributed by atoms with Crippen LogP contribution >= 0.6 is 11.8 Å². The average molecular weight is 325 g/mol. The summed E-state index contributed by atoms with van der Waals surface area (Å²) in [6.45, 7) is 0. The zero-order valence-corrected chi connectivity index (χ0v) is 13.4. The highest BCUT2D eigenvalue weighted by Gasteiger charge is 2.30. The molecule has 4 rings (SSSR count). The molecule has 0 saturated heterocycles. The molecule has 0 radical (unpaired) electrons. The van der Waals surface area contributed by atoms with Gasteiger partial charge in [-0.2, -0.15) is 0 Å². The molecule has 1 N–H and O–H groups in total. The molecule has 23 heavy (non-hydrogen) atoms. The maximum atomic E-state index is 12.6. The number of nitrogens with zero attached hydrogens (tertiary/aromatic N) is 2. The molecule has 2 aliphatic rings.